The molecule has 0 aliphatic rings. The molecule has 3 amide bonds. The van der Waals surface area contributed by atoms with E-state index in [1.54, 1.807) is 0 Å². The van der Waals surface area contributed by atoms with Crippen molar-refractivity contribution in [2.75, 3.05) is 105 Å². The van der Waals surface area contributed by atoms with Gasteiger partial charge in [0.05, 0.1) is 52.9 Å². The lowest BCUT2D eigenvalue weighted by atomic mass is 10.0. The molecule has 44 heavy (non-hydrogen) atoms. The fourth-order valence-corrected chi connectivity index (χ4v) is 3.58. The third-order valence-electron chi connectivity index (χ3n) is 6.35. The molecule has 0 spiro atoms. The number of carbonyl (C=O) groups excluding carboxylic acids is 4. The SMILES string of the molecule is CCC(C)CC(=O)COCC(=O)NCCOCCOCCNC(=O)COCC(=O)NCCOCCOCCNC(CC)CC. The summed E-state index contributed by atoms with van der Waals surface area (Å²) in [6.07, 6.45) is 3.60. The minimum absolute atomic E-state index is 0.00485. The highest BCUT2D eigenvalue weighted by Gasteiger charge is 2.09. The quantitative estimate of drug-likeness (QED) is 0.0746. The summed E-state index contributed by atoms with van der Waals surface area (Å²) < 4.78 is 31.9. The molecule has 14 heteroatoms. The Morgan fingerprint density at radius 3 is 1.27 bits per heavy atom. The van der Waals surface area contributed by atoms with Gasteiger partial charge in [-0.15, -0.1) is 0 Å². The average molecular weight is 635 g/mol. The molecule has 258 valence electrons. The normalized spacial score (nSPS) is 11.8. The Bertz CT molecular complexity index is 741. The van der Waals surface area contributed by atoms with Crippen LogP contribution in [0.15, 0.2) is 0 Å². The summed E-state index contributed by atoms with van der Waals surface area (Å²) in [5.41, 5.74) is 0. The lowest BCUT2D eigenvalue weighted by Crippen LogP contribution is -2.34. The molecule has 0 aliphatic heterocycles. The minimum Gasteiger partial charge on any atom is -0.378 e. The molecular formula is C30H58N4O10. The number of hydrogen-bond acceptors (Lipinski definition) is 11. The van der Waals surface area contributed by atoms with Crippen molar-refractivity contribution in [3.8, 4) is 0 Å². The monoisotopic (exact) mass is 634 g/mol. The van der Waals surface area contributed by atoms with Crippen LogP contribution in [0, 0.1) is 5.92 Å². The van der Waals surface area contributed by atoms with Crippen LogP contribution in [-0.2, 0) is 47.6 Å². The van der Waals surface area contributed by atoms with Crippen molar-refractivity contribution < 1.29 is 47.6 Å². The third kappa shape index (κ3) is 28.6. The maximum Gasteiger partial charge on any atom is 0.246 e. The van der Waals surface area contributed by atoms with Crippen molar-refractivity contribution in [2.24, 2.45) is 5.92 Å². The number of carbonyl (C=O) groups is 4. The first-order valence-corrected chi connectivity index (χ1v) is 15.8. The molecule has 0 aromatic rings. The molecule has 1 atom stereocenters. The summed E-state index contributed by atoms with van der Waals surface area (Å²) in [5.74, 6) is -0.674. The molecule has 0 bridgehead atoms. The van der Waals surface area contributed by atoms with Gasteiger partial charge in [0.25, 0.3) is 0 Å². The fourth-order valence-electron chi connectivity index (χ4n) is 3.58. The van der Waals surface area contributed by atoms with Crippen LogP contribution in [-0.4, -0.2) is 135 Å². The van der Waals surface area contributed by atoms with E-state index in [1.165, 1.54) is 0 Å². The highest BCUT2D eigenvalue weighted by atomic mass is 16.5. The van der Waals surface area contributed by atoms with Gasteiger partial charge in [0.15, 0.2) is 5.78 Å². The summed E-state index contributed by atoms with van der Waals surface area (Å²) in [5, 5.41) is 11.4. The lowest BCUT2D eigenvalue weighted by molar-refractivity contribution is -0.132. The first-order valence-electron chi connectivity index (χ1n) is 15.8. The Morgan fingerprint density at radius 1 is 0.500 bits per heavy atom. The molecule has 4 N–H and O–H groups in total. The van der Waals surface area contributed by atoms with Gasteiger partial charge in [0, 0.05) is 38.6 Å². The standard InChI is InChI=1S/C30H58N4O10/c1-5-25(4)20-27(35)21-43-22-28(36)32-9-13-41-18-19-42-15-11-34-30(38)24-44-23-29(37)33-10-14-40-17-16-39-12-8-31-26(6-2)7-3/h25-26,31H,5-24H2,1-4H3,(H,32,36)(H,33,37)(H,34,38). The van der Waals surface area contributed by atoms with Crippen LogP contribution < -0.4 is 21.3 Å². The molecule has 0 fully saturated rings. The van der Waals surface area contributed by atoms with Crippen molar-refractivity contribution in [1.29, 1.82) is 0 Å². The van der Waals surface area contributed by atoms with Crippen LogP contribution in [0.25, 0.3) is 0 Å². The Kier molecular flexibility index (Phi) is 29.3. The number of nitrogens with one attached hydrogen (secondary N) is 4. The van der Waals surface area contributed by atoms with Gasteiger partial charge in [-0.2, -0.15) is 0 Å². The summed E-state index contributed by atoms with van der Waals surface area (Å²) in [7, 11) is 0. The predicted molar refractivity (Wildman–Crippen MR) is 165 cm³/mol. The molecule has 0 saturated heterocycles. The van der Waals surface area contributed by atoms with Crippen LogP contribution in [0.3, 0.4) is 0 Å². The Balaban J connectivity index is 3.43. The first kappa shape index (κ1) is 41.8. The van der Waals surface area contributed by atoms with Crippen molar-refractivity contribution >= 4 is 23.5 Å². The molecule has 0 heterocycles. The van der Waals surface area contributed by atoms with Crippen LogP contribution in [0.4, 0.5) is 0 Å². The third-order valence-corrected chi connectivity index (χ3v) is 6.35. The van der Waals surface area contributed by atoms with Gasteiger partial charge < -0.3 is 49.7 Å². The van der Waals surface area contributed by atoms with Gasteiger partial charge in [0.2, 0.25) is 17.7 Å². The minimum atomic E-state index is -0.351. The Hall–Kier alpha value is -2.20. The molecule has 0 aliphatic carbocycles. The van der Waals surface area contributed by atoms with Crippen molar-refractivity contribution in [1.82, 2.24) is 21.3 Å². The summed E-state index contributed by atoms with van der Waals surface area (Å²) in [4.78, 5) is 46.9. The summed E-state index contributed by atoms with van der Waals surface area (Å²) in [6.45, 7) is 12.7. The van der Waals surface area contributed by atoms with E-state index in [1.807, 2.05) is 13.8 Å². The van der Waals surface area contributed by atoms with Crippen LogP contribution in [0.2, 0.25) is 0 Å². The van der Waals surface area contributed by atoms with Crippen molar-refractivity contribution in [3.63, 3.8) is 0 Å². The Morgan fingerprint density at radius 2 is 0.886 bits per heavy atom. The van der Waals surface area contributed by atoms with Gasteiger partial charge in [-0.05, 0) is 18.8 Å². The zero-order valence-electron chi connectivity index (χ0n) is 27.4. The summed E-state index contributed by atoms with van der Waals surface area (Å²) >= 11 is 0. The number of ether oxygens (including phenoxy) is 6. The van der Waals surface area contributed by atoms with E-state index < -0.39 is 0 Å². The number of ketones is 1. The van der Waals surface area contributed by atoms with Crippen LogP contribution in [0.1, 0.15) is 53.4 Å². The van der Waals surface area contributed by atoms with Gasteiger partial charge in [-0.1, -0.05) is 34.1 Å². The van der Waals surface area contributed by atoms with Gasteiger partial charge in [-0.3, -0.25) is 19.2 Å². The van der Waals surface area contributed by atoms with E-state index in [0.717, 1.165) is 25.8 Å². The van der Waals surface area contributed by atoms with E-state index in [2.05, 4.69) is 35.1 Å². The number of hydrogen-bond donors (Lipinski definition) is 4. The number of Topliss-reactive ketones (excluding diaryl/α,β-unsaturated/α-hetero) is 1. The molecule has 0 aromatic carbocycles. The average Bonchev–Trinajstić information content (AvgIpc) is 3.00. The second-order valence-corrected chi connectivity index (χ2v) is 10.2. The largest absolute Gasteiger partial charge is 0.378 e. The molecule has 0 rings (SSSR count). The van der Waals surface area contributed by atoms with E-state index in [4.69, 9.17) is 28.4 Å². The van der Waals surface area contributed by atoms with E-state index >= 15 is 0 Å². The molecule has 0 radical (unpaired) electrons. The second kappa shape index (κ2) is 30.8. The highest BCUT2D eigenvalue weighted by molar-refractivity contribution is 5.81. The highest BCUT2D eigenvalue weighted by Crippen LogP contribution is 2.06. The molecular weight excluding hydrogens is 576 g/mol. The summed E-state index contributed by atoms with van der Waals surface area (Å²) in [6, 6.07) is 0.534. The van der Waals surface area contributed by atoms with E-state index in [-0.39, 0.29) is 49.9 Å². The molecule has 1 unspecified atom stereocenters. The number of amides is 3. The van der Waals surface area contributed by atoms with Gasteiger partial charge in [0.1, 0.15) is 26.4 Å². The maximum atomic E-state index is 11.8. The van der Waals surface area contributed by atoms with Crippen molar-refractivity contribution in [3.05, 3.63) is 0 Å². The van der Waals surface area contributed by atoms with Crippen LogP contribution in [0.5, 0.6) is 0 Å². The molecule has 14 nitrogen and oxygen atoms in total. The van der Waals surface area contributed by atoms with Crippen LogP contribution >= 0.6 is 0 Å². The van der Waals surface area contributed by atoms with E-state index in [0.29, 0.717) is 90.9 Å². The lowest BCUT2D eigenvalue weighted by Gasteiger charge is -2.14. The van der Waals surface area contributed by atoms with Crippen molar-refractivity contribution in [2.45, 2.75) is 59.4 Å². The number of rotatable bonds is 32. The zero-order chi connectivity index (χ0) is 32.7. The maximum absolute atomic E-state index is 11.8. The first-order chi connectivity index (χ1) is 21.3. The van der Waals surface area contributed by atoms with E-state index in [9.17, 15) is 19.2 Å². The molecule has 0 saturated carbocycles. The smallest absolute Gasteiger partial charge is 0.246 e. The molecule has 0 aromatic heterocycles. The second-order valence-electron chi connectivity index (χ2n) is 10.2. The van der Waals surface area contributed by atoms with Gasteiger partial charge >= 0.3 is 0 Å². The predicted octanol–water partition coefficient (Wildman–Crippen LogP) is 0.218. The topological polar surface area (TPSA) is 172 Å². The Labute approximate surface area is 263 Å². The zero-order valence-corrected chi connectivity index (χ0v) is 27.4. The fraction of sp³-hybridized carbons (Fsp3) is 0.867. The van der Waals surface area contributed by atoms with Gasteiger partial charge in [-0.25, -0.2) is 0 Å².